The molecule has 8 heteroatoms. The molecule has 1 aromatic carbocycles. The maximum atomic E-state index is 13.3. The predicted molar refractivity (Wildman–Crippen MR) is 108 cm³/mol. The summed E-state index contributed by atoms with van der Waals surface area (Å²) in [5.74, 6) is -0.493. The average Bonchev–Trinajstić information content (AvgIpc) is 3.31. The molecule has 3 aromatic heterocycles. The quantitative estimate of drug-likeness (QED) is 0.471. The smallest absolute Gasteiger partial charge is 0.339 e. The second kappa shape index (κ2) is 7.75. The van der Waals surface area contributed by atoms with Gasteiger partial charge in [-0.15, -0.1) is 0 Å². The fraction of sp³-hybridized carbons (Fsp3) is 0.238. The summed E-state index contributed by atoms with van der Waals surface area (Å²) in [5, 5.41) is 0. The number of hydrogen-bond donors (Lipinski definition) is 0. The van der Waals surface area contributed by atoms with Gasteiger partial charge in [0.25, 0.3) is 0 Å². The number of ether oxygens (including phenoxy) is 1. The number of methoxy groups -OCH3 is 1. The number of hydrogen-bond acceptors (Lipinski definition) is 5. The number of esters is 1. The van der Waals surface area contributed by atoms with Crippen LogP contribution in [0.25, 0.3) is 11.2 Å². The highest BCUT2D eigenvalue weighted by Crippen LogP contribution is 2.17. The lowest BCUT2D eigenvalue weighted by Gasteiger charge is -2.06. The standard InChI is InChI=1S/C21H21N5O3/c1-3-24-14-22-11-17(24)13-25-18-9-16(20(27)29-2)10-23-19(18)26(21(25)28)12-15-7-5-4-6-8-15/h4-11,14H,3,12-13H2,1-2H3. The van der Waals surface area contributed by atoms with Crippen molar-refractivity contribution in [3.05, 3.63) is 82.4 Å². The second-order valence-electron chi connectivity index (χ2n) is 6.67. The van der Waals surface area contributed by atoms with Gasteiger partial charge in [0, 0.05) is 18.9 Å². The maximum Gasteiger partial charge on any atom is 0.339 e. The Morgan fingerprint density at radius 2 is 1.90 bits per heavy atom. The van der Waals surface area contributed by atoms with E-state index < -0.39 is 5.97 Å². The van der Waals surface area contributed by atoms with Crippen molar-refractivity contribution in [3.8, 4) is 0 Å². The van der Waals surface area contributed by atoms with E-state index in [-0.39, 0.29) is 5.69 Å². The Hall–Kier alpha value is -3.68. The zero-order valence-corrected chi connectivity index (χ0v) is 16.3. The molecule has 3 heterocycles. The molecular weight excluding hydrogens is 370 g/mol. The van der Waals surface area contributed by atoms with Crippen LogP contribution in [0.3, 0.4) is 0 Å². The number of fused-ring (bicyclic) bond motifs is 1. The third kappa shape index (κ3) is 3.44. The first-order valence-corrected chi connectivity index (χ1v) is 9.32. The van der Waals surface area contributed by atoms with Crippen molar-refractivity contribution in [3.63, 3.8) is 0 Å². The summed E-state index contributed by atoms with van der Waals surface area (Å²) in [7, 11) is 1.32. The summed E-state index contributed by atoms with van der Waals surface area (Å²) in [4.78, 5) is 33.9. The number of aromatic nitrogens is 5. The van der Waals surface area contributed by atoms with E-state index in [1.807, 2.05) is 41.8 Å². The topological polar surface area (TPSA) is 83.9 Å². The SMILES string of the molecule is CCn1cncc1Cn1c(=O)n(Cc2ccccc2)c2ncc(C(=O)OC)cc21. The summed E-state index contributed by atoms with van der Waals surface area (Å²) >= 11 is 0. The molecule has 0 spiro atoms. The first kappa shape index (κ1) is 18.7. The van der Waals surface area contributed by atoms with Crippen molar-refractivity contribution in [2.24, 2.45) is 0 Å². The lowest BCUT2D eigenvalue weighted by atomic mass is 10.2. The molecular formula is C21H21N5O3. The Labute approximate surface area is 167 Å². The molecule has 0 aliphatic rings. The minimum absolute atomic E-state index is 0.192. The summed E-state index contributed by atoms with van der Waals surface area (Å²) < 4.78 is 10.0. The molecule has 0 aliphatic carbocycles. The van der Waals surface area contributed by atoms with Crippen molar-refractivity contribution in [2.45, 2.75) is 26.6 Å². The van der Waals surface area contributed by atoms with Crippen LogP contribution in [0.2, 0.25) is 0 Å². The number of aryl methyl sites for hydroxylation is 1. The largest absolute Gasteiger partial charge is 0.465 e. The zero-order valence-electron chi connectivity index (χ0n) is 16.3. The van der Waals surface area contributed by atoms with E-state index in [9.17, 15) is 9.59 Å². The molecule has 8 nitrogen and oxygen atoms in total. The minimum Gasteiger partial charge on any atom is -0.465 e. The first-order valence-electron chi connectivity index (χ1n) is 9.32. The highest BCUT2D eigenvalue weighted by molar-refractivity contribution is 5.92. The maximum absolute atomic E-state index is 13.3. The molecule has 148 valence electrons. The Kier molecular flexibility index (Phi) is 4.99. The van der Waals surface area contributed by atoms with E-state index in [4.69, 9.17) is 4.74 Å². The van der Waals surface area contributed by atoms with Gasteiger partial charge in [-0.1, -0.05) is 30.3 Å². The average molecular weight is 391 g/mol. The van der Waals surface area contributed by atoms with Gasteiger partial charge in [-0.3, -0.25) is 9.13 Å². The van der Waals surface area contributed by atoms with E-state index in [0.29, 0.717) is 29.8 Å². The van der Waals surface area contributed by atoms with Gasteiger partial charge in [-0.05, 0) is 18.6 Å². The molecule has 0 unspecified atom stereocenters. The Balaban J connectivity index is 1.88. The Bertz CT molecular complexity index is 1220. The molecule has 0 bridgehead atoms. The Morgan fingerprint density at radius 3 is 2.62 bits per heavy atom. The molecule has 4 aromatic rings. The predicted octanol–water partition coefficient (Wildman–Crippen LogP) is 2.30. The van der Waals surface area contributed by atoms with Crippen molar-refractivity contribution >= 4 is 17.1 Å². The van der Waals surface area contributed by atoms with E-state index in [2.05, 4.69) is 9.97 Å². The Morgan fingerprint density at radius 1 is 1.10 bits per heavy atom. The molecule has 0 fully saturated rings. The molecule has 0 radical (unpaired) electrons. The summed E-state index contributed by atoms with van der Waals surface area (Å²) in [6.07, 6.45) is 4.92. The zero-order chi connectivity index (χ0) is 20.4. The van der Waals surface area contributed by atoms with Crippen LogP contribution in [0.15, 0.2) is 59.9 Å². The molecule has 0 atom stereocenters. The van der Waals surface area contributed by atoms with Crippen LogP contribution in [-0.4, -0.2) is 36.7 Å². The van der Waals surface area contributed by atoms with Crippen molar-refractivity contribution in [1.29, 1.82) is 0 Å². The molecule has 29 heavy (non-hydrogen) atoms. The van der Waals surface area contributed by atoms with Crippen molar-refractivity contribution in [1.82, 2.24) is 23.7 Å². The van der Waals surface area contributed by atoms with Gasteiger partial charge in [0.05, 0.1) is 43.3 Å². The number of rotatable bonds is 6. The summed E-state index contributed by atoms with van der Waals surface area (Å²) in [6.45, 7) is 3.49. The van der Waals surface area contributed by atoms with Crippen LogP contribution in [0.1, 0.15) is 28.5 Å². The van der Waals surface area contributed by atoms with E-state index in [1.54, 1.807) is 27.7 Å². The van der Waals surface area contributed by atoms with E-state index >= 15 is 0 Å². The van der Waals surface area contributed by atoms with Crippen LogP contribution in [0.4, 0.5) is 0 Å². The van der Waals surface area contributed by atoms with Gasteiger partial charge < -0.3 is 9.30 Å². The van der Waals surface area contributed by atoms with E-state index in [1.165, 1.54) is 13.3 Å². The number of carbonyl (C=O) groups is 1. The molecule has 0 N–H and O–H groups in total. The van der Waals surface area contributed by atoms with Gasteiger partial charge >= 0.3 is 11.7 Å². The number of imidazole rings is 2. The fourth-order valence-electron chi connectivity index (χ4n) is 3.41. The summed E-state index contributed by atoms with van der Waals surface area (Å²) in [6, 6.07) is 11.4. The van der Waals surface area contributed by atoms with Crippen molar-refractivity contribution in [2.75, 3.05) is 7.11 Å². The number of benzene rings is 1. The van der Waals surface area contributed by atoms with Gasteiger partial charge in [0.1, 0.15) is 0 Å². The first-order chi connectivity index (χ1) is 14.1. The molecule has 0 amide bonds. The number of carbonyl (C=O) groups excluding carboxylic acids is 1. The third-order valence-electron chi connectivity index (χ3n) is 4.92. The fourth-order valence-corrected chi connectivity index (χ4v) is 3.41. The van der Waals surface area contributed by atoms with Gasteiger partial charge in [0.2, 0.25) is 0 Å². The lowest BCUT2D eigenvalue weighted by molar-refractivity contribution is 0.0600. The van der Waals surface area contributed by atoms with Crippen LogP contribution >= 0.6 is 0 Å². The highest BCUT2D eigenvalue weighted by Gasteiger charge is 2.18. The van der Waals surface area contributed by atoms with Crippen LogP contribution < -0.4 is 5.69 Å². The minimum atomic E-state index is -0.493. The van der Waals surface area contributed by atoms with Gasteiger partial charge in [-0.25, -0.2) is 19.6 Å². The highest BCUT2D eigenvalue weighted by atomic mass is 16.5. The number of nitrogens with zero attached hydrogens (tertiary/aromatic N) is 5. The lowest BCUT2D eigenvalue weighted by Crippen LogP contribution is -2.26. The van der Waals surface area contributed by atoms with E-state index in [0.717, 1.165) is 17.8 Å². The van der Waals surface area contributed by atoms with Crippen LogP contribution in [0, 0.1) is 0 Å². The molecule has 0 aliphatic heterocycles. The van der Waals surface area contributed by atoms with Gasteiger partial charge in [0.15, 0.2) is 5.65 Å². The molecule has 0 saturated carbocycles. The summed E-state index contributed by atoms with van der Waals surface area (Å²) in [5.41, 5.74) is 3.10. The monoisotopic (exact) mass is 391 g/mol. The molecule has 4 rings (SSSR count). The number of pyridine rings is 1. The van der Waals surface area contributed by atoms with Crippen LogP contribution in [-0.2, 0) is 24.4 Å². The van der Waals surface area contributed by atoms with Crippen LogP contribution in [0.5, 0.6) is 0 Å². The third-order valence-corrected chi connectivity index (χ3v) is 4.92. The van der Waals surface area contributed by atoms with Gasteiger partial charge in [-0.2, -0.15) is 0 Å². The normalized spacial score (nSPS) is 11.1. The molecule has 0 saturated heterocycles. The van der Waals surface area contributed by atoms with Crippen molar-refractivity contribution < 1.29 is 9.53 Å². The second-order valence-corrected chi connectivity index (χ2v) is 6.67.